The average Bonchev–Trinajstić information content (AvgIpc) is 2.49. The highest BCUT2D eigenvalue weighted by Gasteiger charge is 2.35. The SMILES string of the molecule is CC[Si](CC)(CC)CCP(=O)(O)[C@@H](O)c1ccccc1. The zero-order valence-corrected chi connectivity index (χ0v) is 14.6. The van der Waals surface area contributed by atoms with Gasteiger partial charge in [0.2, 0.25) is 7.37 Å². The fourth-order valence-electron chi connectivity index (χ4n) is 2.66. The van der Waals surface area contributed by atoms with Crippen LogP contribution < -0.4 is 0 Å². The van der Waals surface area contributed by atoms with Crippen LogP contribution >= 0.6 is 7.37 Å². The largest absolute Gasteiger partial charge is 0.378 e. The van der Waals surface area contributed by atoms with Crippen molar-refractivity contribution in [1.82, 2.24) is 0 Å². The minimum absolute atomic E-state index is 0.241. The number of aliphatic hydroxyl groups is 1. The van der Waals surface area contributed by atoms with E-state index in [4.69, 9.17) is 0 Å². The summed E-state index contributed by atoms with van der Waals surface area (Å²) in [5.74, 6) is -1.25. The Hall–Kier alpha value is -0.413. The molecule has 5 heteroatoms. The van der Waals surface area contributed by atoms with Crippen molar-refractivity contribution in [2.24, 2.45) is 0 Å². The molecule has 0 aromatic heterocycles. The van der Waals surface area contributed by atoms with Gasteiger partial charge in [-0.25, -0.2) is 0 Å². The number of aliphatic hydroxyl groups excluding tert-OH is 1. The van der Waals surface area contributed by atoms with E-state index in [2.05, 4.69) is 20.8 Å². The number of benzene rings is 1. The molecule has 0 spiro atoms. The van der Waals surface area contributed by atoms with E-state index in [9.17, 15) is 14.6 Å². The maximum atomic E-state index is 12.4. The summed E-state index contributed by atoms with van der Waals surface area (Å²) in [7, 11) is -4.97. The summed E-state index contributed by atoms with van der Waals surface area (Å²) in [6.45, 7) is 6.57. The van der Waals surface area contributed by atoms with Gasteiger partial charge in [-0.2, -0.15) is 0 Å². The second kappa shape index (κ2) is 7.55. The molecular formula is C15H27O3PSi. The van der Waals surface area contributed by atoms with Crippen molar-refractivity contribution in [3.63, 3.8) is 0 Å². The summed E-state index contributed by atoms with van der Waals surface area (Å²) in [5, 5.41) is 10.2. The highest BCUT2D eigenvalue weighted by atomic mass is 31.2. The van der Waals surface area contributed by atoms with Crippen LogP contribution in [0.1, 0.15) is 32.2 Å². The van der Waals surface area contributed by atoms with E-state index in [-0.39, 0.29) is 6.16 Å². The predicted molar refractivity (Wildman–Crippen MR) is 88.1 cm³/mol. The third kappa shape index (κ3) is 4.29. The molecule has 20 heavy (non-hydrogen) atoms. The Morgan fingerprint density at radius 3 is 2.05 bits per heavy atom. The molecule has 0 amide bonds. The first-order chi connectivity index (χ1) is 9.40. The fraction of sp³-hybridized carbons (Fsp3) is 0.600. The van der Waals surface area contributed by atoms with Crippen molar-refractivity contribution in [3.05, 3.63) is 35.9 Å². The minimum Gasteiger partial charge on any atom is -0.378 e. The number of rotatable bonds is 8. The van der Waals surface area contributed by atoms with Gasteiger partial charge in [0.25, 0.3) is 0 Å². The van der Waals surface area contributed by atoms with Crippen LogP contribution in [0.15, 0.2) is 30.3 Å². The summed E-state index contributed by atoms with van der Waals surface area (Å²) in [6.07, 6.45) is 0.241. The highest BCUT2D eigenvalue weighted by molar-refractivity contribution is 7.58. The van der Waals surface area contributed by atoms with Gasteiger partial charge in [0, 0.05) is 6.16 Å². The molecule has 114 valence electrons. The minimum atomic E-state index is -3.55. The number of hydrogen-bond acceptors (Lipinski definition) is 2. The predicted octanol–water partition coefficient (Wildman–Crippen LogP) is 4.46. The Balaban J connectivity index is 2.77. The fourth-order valence-corrected chi connectivity index (χ4v) is 9.28. The Kier molecular flexibility index (Phi) is 6.66. The lowest BCUT2D eigenvalue weighted by molar-refractivity contribution is 0.235. The van der Waals surface area contributed by atoms with E-state index in [1.165, 1.54) is 0 Å². The van der Waals surface area contributed by atoms with Crippen LogP contribution in [-0.4, -0.2) is 24.2 Å². The van der Waals surface area contributed by atoms with E-state index in [0.29, 0.717) is 5.56 Å². The Morgan fingerprint density at radius 1 is 1.10 bits per heavy atom. The van der Waals surface area contributed by atoms with Crippen molar-refractivity contribution < 1.29 is 14.6 Å². The lowest BCUT2D eigenvalue weighted by Crippen LogP contribution is -2.32. The molecule has 1 unspecified atom stereocenters. The van der Waals surface area contributed by atoms with Crippen molar-refractivity contribution in [2.75, 3.05) is 6.16 Å². The molecular weight excluding hydrogens is 287 g/mol. The third-order valence-electron chi connectivity index (χ3n) is 4.69. The first kappa shape index (κ1) is 17.6. The molecule has 0 aliphatic rings. The molecule has 0 aliphatic carbocycles. The Labute approximate surface area is 123 Å². The summed E-state index contributed by atoms with van der Waals surface area (Å²) in [4.78, 5) is 10.2. The van der Waals surface area contributed by atoms with Crippen molar-refractivity contribution >= 4 is 15.4 Å². The molecule has 1 aromatic rings. The van der Waals surface area contributed by atoms with Gasteiger partial charge in [-0.1, -0.05) is 69.2 Å². The first-order valence-corrected chi connectivity index (χ1v) is 12.2. The van der Waals surface area contributed by atoms with E-state index < -0.39 is 21.3 Å². The van der Waals surface area contributed by atoms with E-state index in [1.54, 1.807) is 24.3 Å². The maximum absolute atomic E-state index is 12.4. The van der Waals surface area contributed by atoms with Crippen molar-refractivity contribution in [3.8, 4) is 0 Å². The van der Waals surface area contributed by atoms with Crippen LogP contribution in [0.2, 0.25) is 24.2 Å². The van der Waals surface area contributed by atoms with Gasteiger partial charge in [-0.15, -0.1) is 0 Å². The molecule has 0 saturated carbocycles. The van der Waals surface area contributed by atoms with Crippen LogP contribution in [0, 0.1) is 0 Å². The molecule has 1 rings (SSSR count). The van der Waals surface area contributed by atoms with Gasteiger partial charge in [-0.05, 0) is 11.6 Å². The molecule has 0 saturated heterocycles. The molecule has 1 aromatic carbocycles. The summed E-state index contributed by atoms with van der Waals surface area (Å²) in [5.41, 5.74) is 0.537. The second-order valence-corrected chi connectivity index (χ2v) is 13.6. The monoisotopic (exact) mass is 314 g/mol. The van der Waals surface area contributed by atoms with Crippen LogP contribution in [0.4, 0.5) is 0 Å². The lowest BCUT2D eigenvalue weighted by Gasteiger charge is -2.30. The van der Waals surface area contributed by atoms with Gasteiger partial charge >= 0.3 is 0 Å². The summed E-state index contributed by atoms with van der Waals surface area (Å²) in [6, 6.07) is 13.1. The molecule has 0 heterocycles. The average molecular weight is 314 g/mol. The van der Waals surface area contributed by atoms with Gasteiger partial charge < -0.3 is 10.00 Å². The highest BCUT2D eigenvalue weighted by Crippen LogP contribution is 2.55. The van der Waals surface area contributed by atoms with E-state index >= 15 is 0 Å². The first-order valence-electron chi connectivity index (χ1n) is 7.45. The normalized spacial score (nSPS) is 16.6. The molecule has 2 atom stereocenters. The van der Waals surface area contributed by atoms with E-state index in [1.807, 2.05) is 6.07 Å². The zero-order chi connectivity index (χ0) is 15.2. The summed E-state index contributed by atoms with van der Waals surface area (Å²) >= 11 is 0. The maximum Gasteiger partial charge on any atom is 0.232 e. The van der Waals surface area contributed by atoms with E-state index in [0.717, 1.165) is 24.2 Å². The lowest BCUT2D eigenvalue weighted by atomic mass is 10.2. The smallest absolute Gasteiger partial charge is 0.232 e. The second-order valence-electron chi connectivity index (χ2n) is 5.57. The molecule has 0 radical (unpaired) electrons. The Morgan fingerprint density at radius 2 is 1.60 bits per heavy atom. The molecule has 0 fully saturated rings. The van der Waals surface area contributed by atoms with Crippen molar-refractivity contribution in [1.29, 1.82) is 0 Å². The zero-order valence-electron chi connectivity index (χ0n) is 12.7. The summed E-state index contributed by atoms with van der Waals surface area (Å²) < 4.78 is 12.4. The standard InChI is InChI=1S/C15H27O3PSi/c1-4-20(5-2,6-3)13-12-19(17,18)15(16)14-10-8-7-9-11-14/h7-11,15-16H,4-6,12-13H2,1-3H3,(H,17,18)/t15-/m1/s1. The van der Waals surface area contributed by atoms with Crippen molar-refractivity contribution in [2.45, 2.75) is 50.8 Å². The van der Waals surface area contributed by atoms with Crippen LogP contribution in [0.3, 0.4) is 0 Å². The quantitative estimate of drug-likeness (QED) is 0.550. The number of hydrogen-bond donors (Lipinski definition) is 2. The van der Waals surface area contributed by atoms with Crippen LogP contribution in [-0.2, 0) is 4.57 Å². The van der Waals surface area contributed by atoms with Crippen LogP contribution in [0.5, 0.6) is 0 Å². The molecule has 0 aliphatic heterocycles. The molecule has 3 nitrogen and oxygen atoms in total. The van der Waals surface area contributed by atoms with Gasteiger partial charge in [0.05, 0.1) is 8.07 Å². The third-order valence-corrected chi connectivity index (χ3v) is 12.9. The molecule has 0 bridgehead atoms. The molecule has 2 N–H and O–H groups in total. The Bertz CT molecular complexity index is 437. The van der Waals surface area contributed by atoms with Gasteiger partial charge in [-0.3, -0.25) is 4.57 Å². The topological polar surface area (TPSA) is 57.5 Å². The van der Waals surface area contributed by atoms with Crippen LogP contribution in [0.25, 0.3) is 0 Å². The van der Waals surface area contributed by atoms with Gasteiger partial charge in [0.1, 0.15) is 0 Å². The van der Waals surface area contributed by atoms with Gasteiger partial charge in [0.15, 0.2) is 5.85 Å².